The first-order chi connectivity index (χ1) is 15.0. The number of nitrogens with zero attached hydrogens (tertiary/aromatic N) is 1. The van der Waals surface area contributed by atoms with Gasteiger partial charge < -0.3 is 10.2 Å². The van der Waals surface area contributed by atoms with Gasteiger partial charge >= 0.3 is 0 Å². The third kappa shape index (κ3) is 8.23. The van der Waals surface area contributed by atoms with Crippen LogP contribution in [0.15, 0.2) is 53.4 Å². The van der Waals surface area contributed by atoms with Crippen LogP contribution in [0.4, 0.5) is 0 Å². The number of hydrogen-bond donors (Lipinski definition) is 1. The van der Waals surface area contributed by atoms with E-state index in [2.05, 4.69) is 12.2 Å². The Balaban J connectivity index is 2.10. The highest BCUT2D eigenvalue weighted by Crippen LogP contribution is 2.22. The number of unbranched alkanes of at least 4 members (excludes halogenated alkanes) is 1. The molecule has 0 heterocycles. The zero-order valence-corrected chi connectivity index (χ0v) is 20.3. The molecular weight excluding hydrogens is 428 g/mol. The van der Waals surface area contributed by atoms with Crippen molar-refractivity contribution < 1.29 is 9.59 Å². The smallest absolute Gasteiger partial charge is 0.242 e. The topological polar surface area (TPSA) is 49.4 Å². The van der Waals surface area contributed by atoms with E-state index >= 15 is 0 Å². The van der Waals surface area contributed by atoms with E-state index < -0.39 is 6.04 Å². The molecular formula is C25H33ClN2O2S. The highest BCUT2D eigenvalue weighted by atomic mass is 35.5. The van der Waals surface area contributed by atoms with Crippen LogP contribution in [0.2, 0.25) is 5.02 Å². The Morgan fingerprint density at radius 1 is 1.10 bits per heavy atom. The Kier molecular flexibility index (Phi) is 11.0. The summed E-state index contributed by atoms with van der Waals surface area (Å²) in [6, 6.07) is 15.2. The summed E-state index contributed by atoms with van der Waals surface area (Å²) in [5.41, 5.74) is 2.19. The van der Waals surface area contributed by atoms with E-state index in [1.54, 1.807) is 16.7 Å². The van der Waals surface area contributed by atoms with Crippen LogP contribution in [-0.4, -0.2) is 35.1 Å². The lowest BCUT2D eigenvalue weighted by molar-refractivity contribution is -0.141. The third-order valence-corrected chi connectivity index (χ3v) is 6.48. The predicted octanol–water partition coefficient (Wildman–Crippen LogP) is 5.85. The molecule has 1 N–H and O–H groups in total. The van der Waals surface area contributed by atoms with Crippen LogP contribution in [-0.2, 0) is 16.1 Å². The molecule has 0 unspecified atom stereocenters. The van der Waals surface area contributed by atoms with Crippen LogP contribution in [0.3, 0.4) is 0 Å². The van der Waals surface area contributed by atoms with E-state index in [9.17, 15) is 9.59 Å². The maximum Gasteiger partial charge on any atom is 0.242 e. The molecule has 2 aromatic carbocycles. The van der Waals surface area contributed by atoms with Crippen molar-refractivity contribution in [2.75, 3.05) is 12.3 Å². The van der Waals surface area contributed by atoms with Crippen LogP contribution < -0.4 is 5.32 Å². The van der Waals surface area contributed by atoms with Crippen molar-refractivity contribution in [1.29, 1.82) is 0 Å². The normalized spacial score (nSPS) is 11.7. The first-order valence-corrected chi connectivity index (χ1v) is 12.3. The minimum atomic E-state index is -0.468. The average Bonchev–Trinajstić information content (AvgIpc) is 2.76. The van der Waals surface area contributed by atoms with Gasteiger partial charge in [-0.15, -0.1) is 11.8 Å². The minimum Gasteiger partial charge on any atom is -0.354 e. The molecule has 0 bridgehead atoms. The number of halogens is 1. The lowest BCUT2D eigenvalue weighted by Crippen LogP contribution is -2.49. The summed E-state index contributed by atoms with van der Waals surface area (Å²) < 4.78 is 0. The van der Waals surface area contributed by atoms with Crippen molar-refractivity contribution in [2.45, 2.75) is 63.9 Å². The first-order valence-electron chi connectivity index (χ1n) is 11.0. The summed E-state index contributed by atoms with van der Waals surface area (Å²) in [6.45, 7) is 7.18. The molecule has 0 aliphatic rings. The number of aryl methyl sites for hydroxylation is 1. The Hall–Kier alpha value is -1.98. The summed E-state index contributed by atoms with van der Waals surface area (Å²) in [7, 11) is 0. The largest absolute Gasteiger partial charge is 0.354 e. The number of thioether (sulfide) groups is 1. The van der Waals surface area contributed by atoms with Gasteiger partial charge in [-0.2, -0.15) is 0 Å². The molecule has 2 amide bonds. The summed E-state index contributed by atoms with van der Waals surface area (Å²) in [5, 5.41) is 3.71. The van der Waals surface area contributed by atoms with Gasteiger partial charge in [0.1, 0.15) is 6.04 Å². The van der Waals surface area contributed by atoms with Crippen LogP contribution in [0.5, 0.6) is 0 Å². The molecule has 4 nitrogen and oxygen atoms in total. The molecule has 0 fully saturated rings. The number of amides is 2. The van der Waals surface area contributed by atoms with Gasteiger partial charge in [-0.1, -0.05) is 56.1 Å². The van der Waals surface area contributed by atoms with Gasteiger partial charge in [0.05, 0.1) is 0 Å². The van der Waals surface area contributed by atoms with Crippen molar-refractivity contribution >= 4 is 35.2 Å². The van der Waals surface area contributed by atoms with Gasteiger partial charge in [0.2, 0.25) is 11.8 Å². The number of benzene rings is 2. The minimum absolute atomic E-state index is 0.00204. The average molecular weight is 461 g/mol. The summed E-state index contributed by atoms with van der Waals surface area (Å²) >= 11 is 7.57. The van der Waals surface area contributed by atoms with Crippen molar-refractivity contribution in [3.05, 3.63) is 64.7 Å². The standard InChI is InChI=1S/C25H33ClN2O2S/c1-4-6-16-27-25(30)23(5-2)28(18-20-10-8-7-9-19(20)3)24(29)15-17-31-22-13-11-21(26)12-14-22/h7-14,23H,4-6,15-18H2,1-3H3,(H,27,30)/t23-/m0/s1. The van der Waals surface area contributed by atoms with Crippen molar-refractivity contribution in [1.82, 2.24) is 10.2 Å². The predicted molar refractivity (Wildman–Crippen MR) is 131 cm³/mol. The zero-order valence-electron chi connectivity index (χ0n) is 18.7. The van der Waals surface area contributed by atoms with Gasteiger partial charge in [0, 0.05) is 35.2 Å². The van der Waals surface area contributed by atoms with E-state index in [-0.39, 0.29) is 11.8 Å². The summed E-state index contributed by atoms with van der Waals surface area (Å²) in [6.07, 6.45) is 2.91. The van der Waals surface area contributed by atoms with E-state index in [4.69, 9.17) is 11.6 Å². The molecule has 0 radical (unpaired) electrons. The summed E-state index contributed by atoms with van der Waals surface area (Å²) in [4.78, 5) is 29.0. The van der Waals surface area contributed by atoms with Crippen LogP contribution >= 0.6 is 23.4 Å². The summed E-state index contributed by atoms with van der Waals surface area (Å²) in [5.74, 6) is 0.587. The van der Waals surface area contributed by atoms with E-state index in [1.165, 1.54) is 0 Å². The van der Waals surface area contributed by atoms with Crippen molar-refractivity contribution in [3.8, 4) is 0 Å². The van der Waals surface area contributed by atoms with Gasteiger partial charge in [0.15, 0.2) is 0 Å². The molecule has 0 spiro atoms. The number of carbonyl (C=O) groups excluding carboxylic acids is 2. The number of nitrogens with one attached hydrogen (secondary N) is 1. The monoisotopic (exact) mass is 460 g/mol. The number of rotatable bonds is 12. The Morgan fingerprint density at radius 2 is 1.81 bits per heavy atom. The lowest BCUT2D eigenvalue weighted by Gasteiger charge is -2.31. The molecule has 0 aliphatic heterocycles. The van der Waals surface area contributed by atoms with Crippen LogP contribution in [0.25, 0.3) is 0 Å². The Bertz CT molecular complexity index is 842. The number of hydrogen-bond acceptors (Lipinski definition) is 3. The van der Waals surface area contributed by atoms with E-state index in [0.29, 0.717) is 36.7 Å². The van der Waals surface area contributed by atoms with Crippen molar-refractivity contribution in [3.63, 3.8) is 0 Å². The third-order valence-electron chi connectivity index (χ3n) is 5.22. The highest BCUT2D eigenvalue weighted by Gasteiger charge is 2.28. The van der Waals surface area contributed by atoms with Gasteiger partial charge in [-0.25, -0.2) is 0 Å². The molecule has 0 aliphatic carbocycles. The molecule has 1 atom stereocenters. The highest BCUT2D eigenvalue weighted by molar-refractivity contribution is 7.99. The Morgan fingerprint density at radius 3 is 2.45 bits per heavy atom. The number of carbonyl (C=O) groups is 2. The van der Waals surface area contributed by atoms with Crippen molar-refractivity contribution in [2.24, 2.45) is 0 Å². The van der Waals surface area contributed by atoms with Gasteiger partial charge in [-0.3, -0.25) is 9.59 Å². The first kappa shape index (κ1) is 25.3. The second-order valence-electron chi connectivity index (χ2n) is 7.57. The molecule has 0 saturated carbocycles. The molecule has 0 saturated heterocycles. The molecule has 6 heteroatoms. The maximum absolute atomic E-state index is 13.2. The molecule has 168 valence electrons. The molecule has 0 aromatic heterocycles. The molecule has 2 aromatic rings. The Labute approximate surface area is 195 Å². The fourth-order valence-electron chi connectivity index (χ4n) is 3.33. The molecule has 2 rings (SSSR count). The van der Waals surface area contributed by atoms with Gasteiger partial charge in [0.25, 0.3) is 0 Å². The van der Waals surface area contributed by atoms with E-state index in [1.807, 2.05) is 62.4 Å². The fourth-order valence-corrected chi connectivity index (χ4v) is 4.29. The second kappa shape index (κ2) is 13.4. The maximum atomic E-state index is 13.2. The lowest BCUT2D eigenvalue weighted by atomic mass is 10.1. The van der Waals surface area contributed by atoms with Crippen LogP contribution in [0.1, 0.15) is 50.7 Å². The molecule has 31 heavy (non-hydrogen) atoms. The second-order valence-corrected chi connectivity index (χ2v) is 9.17. The fraction of sp³-hybridized carbons (Fsp3) is 0.440. The zero-order chi connectivity index (χ0) is 22.6. The van der Waals surface area contributed by atoms with Crippen LogP contribution in [0, 0.1) is 6.92 Å². The van der Waals surface area contributed by atoms with Gasteiger partial charge in [-0.05, 0) is 55.2 Å². The SMILES string of the molecule is CCCCNC(=O)[C@H](CC)N(Cc1ccccc1C)C(=O)CCSc1ccc(Cl)cc1. The quantitative estimate of drug-likeness (QED) is 0.319. The van der Waals surface area contributed by atoms with E-state index in [0.717, 1.165) is 28.9 Å².